The molecule has 0 saturated heterocycles. The maximum Gasteiger partial charge on any atom is 0.121 e. The molecule has 0 radical (unpaired) electrons. The fourth-order valence-corrected chi connectivity index (χ4v) is 11.8. The number of phenolic OH excluding ortho intramolecular Hbond substituents is 1. The van der Waals surface area contributed by atoms with Gasteiger partial charge in [0.1, 0.15) is 5.75 Å². The molecule has 27 heavy (non-hydrogen) atoms. The molecule has 148 valence electrons. The number of rotatable bonds is 10. The van der Waals surface area contributed by atoms with Crippen molar-refractivity contribution < 1.29 is 5.11 Å². The number of thioether (sulfide) groups is 1. The molecular formula is C24H36OSSi. The van der Waals surface area contributed by atoms with Gasteiger partial charge in [-0.1, -0.05) is 87.1 Å². The number of hydrogen-bond donors (Lipinski definition) is 1. The van der Waals surface area contributed by atoms with Crippen LogP contribution in [0.2, 0.25) is 12.1 Å². The molecule has 0 spiro atoms. The maximum absolute atomic E-state index is 10.2. The second-order valence-electron chi connectivity index (χ2n) is 7.93. The highest BCUT2D eigenvalue weighted by molar-refractivity contribution is 8.01. The molecule has 0 aliphatic rings. The van der Waals surface area contributed by atoms with E-state index in [1.807, 2.05) is 25.6 Å². The Balaban J connectivity index is 2.36. The zero-order valence-electron chi connectivity index (χ0n) is 17.8. The molecule has 0 aromatic heterocycles. The van der Waals surface area contributed by atoms with Crippen LogP contribution in [0.25, 0.3) is 0 Å². The number of benzene rings is 2. The summed E-state index contributed by atoms with van der Waals surface area (Å²) in [6, 6.07) is 16.3. The third-order valence-electron chi connectivity index (χ3n) is 5.92. The summed E-state index contributed by atoms with van der Waals surface area (Å²) in [5.74, 6) is 0.459. The van der Waals surface area contributed by atoms with Gasteiger partial charge in [-0.15, -0.1) is 11.8 Å². The predicted octanol–water partition coefficient (Wildman–Crippen LogP) is 6.90. The number of hydrogen-bond acceptors (Lipinski definition) is 2. The Kier molecular flexibility index (Phi) is 8.49. The van der Waals surface area contributed by atoms with Crippen LogP contribution in [0.3, 0.4) is 0 Å². The van der Waals surface area contributed by atoms with E-state index < -0.39 is 8.07 Å². The second-order valence-corrected chi connectivity index (χ2v) is 14.0. The molecule has 0 aliphatic heterocycles. The average Bonchev–Trinajstić information content (AvgIpc) is 2.70. The van der Waals surface area contributed by atoms with Gasteiger partial charge in [0.05, 0.1) is 8.07 Å². The van der Waals surface area contributed by atoms with Gasteiger partial charge in [0, 0.05) is 4.90 Å². The van der Waals surface area contributed by atoms with Crippen molar-refractivity contribution in [1.29, 1.82) is 0 Å². The third kappa shape index (κ3) is 5.42. The minimum atomic E-state index is -1.57. The Morgan fingerprint density at radius 1 is 0.889 bits per heavy atom. The van der Waals surface area contributed by atoms with Gasteiger partial charge < -0.3 is 5.11 Å². The number of aryl methyl sites for hydroxylation is 1. The van der Waals surface area contributed by atoms with E-state index in [1.54, 1.807) is 5.19 Å². The lowest BCUT2D eigenvalue weighted by Gasteiger charge is -2.33. The van der Waals surface area contributed by atoms with Crippen molar-refractivity contribution in [2.45, 2.75) is 77.3 Å². The first-order valence-corrected chi connectivity index (χ1v) is 14.0. The van der Waals surface area contributed by atoms with Crippen LogP contribution in [-0.2, 0) is 0 Å². The van der Waals surface area contributed by atoms with Gasteiger partial charge in [-0.05, 0) is 48.9 Å². The molecule has 1 N–H and O–H groups in total. The van der Waals surface area contributed by atoms with E-state index in [-0.39, 0.29) is 0 Å². The van der Waals surface area contributed by atoms with Gasteiger partial charge in [0.25, 0.3) is 0 Å². The Morgan fingerprint density at radius 3 is 2.04 bits per heavy atom. The van der Waals surface area contributed by atoms with E-state index in [1.165, 1.54) is 53.6 Å². The monoisotopic (exact) mass is 400 g/mol. The lowest BCUT2D eigenvalue weighted by atomic mass is 10.1. The number of aromatic hydroxyl groups is 1. The first kappa shape index (κ1) is 22.1. The minimum Gasteiger partial charge on any atom is -0.507 e. The van der Waals surface area contributed by atoms with E-state index in [4.69, 9.17) is 0 Å². The standard InChI is InChI=1S/C24H36OSSi/c1-6-8-15-27(16-9-7-2,22-13-11-10-12-14-22)18-26-23-17-19(3)24(25)21(5)20(23)4/h10-14,17,25H,6-9,15-16,18H2,1-5H3. The molecule has 0 aliphatic carbocycles. The van der Waals surface area contributed by atoms with Crippen LogP contribution in [0.1, 0.15) is 56.2 Å². The molecule has 0 fully saturated rings. The summed E-state index contributed by atoms with van der Waals surface area (Å²) in [7, 11) is -1.57. The lowest BCUT2D eigenvalue weighted by Crippen LogP contribution is -2.50. The highest BCUT2D eigenvalue weighted by atomic mass is 32.2. The summed E-state index contributed by atoms with van der Waals surface area (Å²) in [4.78, 5) is 1.35. The van der Waals surface area contributed by atoms with Crippen molar-refractivity contribution in [3.05, 3.63) is 53.1 Å². The molecule has 2 aromatic rings. The van der Waals surface area contributed by atoms with E-state index in [0.717, 1.165) is 11.1 Å². The lowest BCUT2D eigenvalue weighted by molar-refractivity contribution is 0.465. The predicted molar refractivity (Wildman–Crippen MR) is 124 cm³/mol. The quantitative estimate of drug-likeness (QED) is 0.345. The van der Waals surface area contributed by atoms with Crippen molar-refractivity contribution in [3.8, 4) is 5.75 Å². The summed E-state index contributed by atoms with van der Waals surface area (Å²) in [6.07, 6.45) is 5.21. The maximum atomic E-state index is 10.2. The number of phenols is 1. The fourth-order valence-electron chi connectivity index (χ4n) is 3.86. The van der Waals surface area contributed by atoms with Crippen molar-refractivity contribution in [2.75, 3.05) is 5.38 Å². The van der Waals surface area contributed by atoms with Crippen LogP contribution < -0.4 is 5.19 Å². The summed E-state index contributed by atoms with van der Waals surface area (Å²) in [6.45, 7) is 10.8. The van der Waals surface area contributed by atoms with Crippen molar-refractivity contribution in [1.82, 2.24) is 0 Å². The Hall–Kier alpha value is -1.19. The summed E-state index contributed by atoms with van der Waals surface area (Å²) >= 11 is 2.04. The molecule has 1 nitrogen and oxygen atoms in total. The molecule has 0 heterocycles. The molecule has 0 atom stereocenters. The largest absolute Gasteiger partial charge is 0.507 e. The van der Waals surface area contributed by atoms with Crippen molar-refractivity contribution in [2.24, 2.45) is 0 Å². The molecule has 2 aromatic carbocycles. The zero-order valence-corrected chi connectivity index (χ0v) is 19.6. The smallest absolute Gasteiger partial charge is 0.121 e. The average molecular weight is 401 g/mol. The van der Waals surface area contributed by atoms with E-state index in [2.05, 4.69) is 57.2 Å². The SMILES string of the molecule is CCCC[Si](CCCC)(CSc1cc(C)c(O)c(C)c1C)c1ccccc1. The van der Waals surface area contributed by atoms with E-state index >= 15 is 0 Å². The fraction of sp³-hybridized carbons (Fsp3) is 0.500. The topological polar surface area (TPSA) is 20.2 Å². The van der Waals surface area contributed by atoms with Crippen molar-refractivity contribution in [3.63, 3.8) is 0 Å². The first-order chi connectivity index (χ1) is 12.9. The molecule has 0 amide bonds. The van der Waals surface area contributed by atoms with Gasteiger partial charge in [-0.3, -0.25) is 0 Å². The summed E-state index contributed by atoms with van der Waals surface area (Å²) in [5, 5.41) is 13.1. The molecule has 0 saturated carbocycles. The Labute approximate surface area is 171 Å². The van der Waals surface area contributed by atoms with Gasteiger partial charge in [0.15, 0.2) is 0 Å². The molecule has 3 heteroatoms. The highest BCUT2D eigenvalue weighted by Crippen LogP contribution is 2.36. The Bertz CT molecular complexity index is 719. The van der Waals surface area contributed by atoms with Crippen LogP contribution in [0.5, 0.6) is 5.75 Å². The first-order valence-electron chi connectivity index (χ1n) is 10.4. The summed E-state index contributed by atoms with van der Waals surface area (Å²) < 4.78 is 0. The molecule has 0 unspecified atom stereocenters. The zero-order chi connectivity index (χ0) is 19.9. The van der Waals surface area contributed by atoms with Gasteiger partial charge in [-0.25, -0.2) is 0 Å². The van der Waals surface area contributed by atoms with E-state index in [0.29, 0.717) is 5.75 Å². The van der Waals surface area contributed by atoms with Gasteiger partial charge >= 0.3 is 0 Å². The van der Waals surface area contributed by atoms with Crippen LogP contribution >= 0.6 is 11.8 Å². The van der Waals surface area contributed by atoms with Crippen LogP contribution in [0.15, 0.2) is 41.3 Å². The highest BCUT2D eigenvalue weighted by Gasteiger charge is 2.34. The number of unbranched alkanes of at least 4 members (excludes halogenated alkanes) is 2. The van der Waals surface area contributed by atoms with E-state index in [9.17, 15) is 5.11 Å². The van der Waals surface area contributed by atoms with Gasteiger partial charge in [-0.2, -0.15) is 0 Å². The molecule has 0 bridgehead atoms. The van der Waals surface area contributed by atoms with Crippen molar-refractivity contribution >= 4 is 25.0 Å². The Morgan fingerprint density at radius 2 is 1.48 bits per heavy atom. The second kappa shape index (κ2) is 10.4. The minimum absolute atomic E-state index is 0.459. The summed E-state index contributed by atoms with van der Waals surface area (Å²) in [5.41, 5.74) is 3.27. The molecule has 2 rings (SSSR count). The van der Waals surface area contributed by atoms with Crippen LogP contribution in [0.4, 0.5) is 0 Å². The molecular weight excluding hydrogens is 364 g/mol. The van der Waals surface area contributed by atoms with Crippen LogP contribution in [0, 0.1) is 20.8 Å². The van der Waals surface area contributed by atoms with Crippen LogP contribution in [-0.4, -0.2) is 18.6 Å². The normalized spacial score (nSPS) is 11.7. The van der Waals surface area contributed by atoms with Gasteiger partial charge in [0.2, 0.25) is 0 Å². The third-order valence-corrected chi connectivity index (χ3v) is 13.6.